The summed E-state index contributed by atoms with van der Waals surface area (Å²) in [4.78, 5) is 11.6. The van der Waals surface area contributed by atoms with Gasteiger partial charge in [0, 0.05) is 11.6 Å². The molecule has 0 unspecified atom stereocenters. The van der Waals surface area contributed by atoms with Crippen LogP contribution in [0.15, 0.2) is 18.2 Å². The molecule has 0 heterocycles. The summed E-state index contributed by atoms with van der Waals surface area (Å²) in [6, 6.07) is 3.97. The predicted molar refractivity (Wildman–Crippen MR) is 76.5 cm³/mol. The van der Waals surface area contributed by atoms with Crippen molar-refractivity contribution in [3.63, 3.8) is 0 Å². The average Bonchev–Trinajstić information content (AvgIpc) is 2.32. The summed E-state index contributed by atoms with van der Waals surface area (Å²) < 4.78 is 14.4. The van der Waals surface area contributed by atoms with Gasteiger partial charge in [-0.15, -0.1) is 0 Å². The Bertz CT molecular complexity index is 387. The van der Waals surface area contributed by atoms with Crippen LogP contribution in [0, 0.1) is 5.82 Å². The number of unbranched alkanes of at least 4 members (excludes halogenated alkanes) is 2. The van der Waals surface area contributed by atoms with Crippen molar-refractivity contribution in [3.8, 4) is 0 Å². The van der Waals surface area contributed by atoms with Gasteiger partial charge >= 0.3 is 0 Å². The lowest BCUT2D eigenvalue weighted by atomic mass is 10.2. The quantitative estimate of drug-likeness (QED) is 0.461. The van der Waals surface area contributed by atoms with E-state index in [1.807, 2.05) is 0 Å². The first kappa shape index (κ1) is 14.7. The van der Waals surface area contributed by atoms with Crippen molar-refractivity contribution in [3.05, 3.63) is 34.6 Å². The number of hydrogen-bond acceptors (Lipinski definition) is 1. The second kappa shape index (κ2) is 7.87. The number of carbonyl (C=O) groups is 1. The Morgan fingerprint density at radius 1 is 1.35 bits per heavy atom. The normalized spacial score (nSPS) is 10.3. The van der Waals surface area contributed by atoms with Crippen LogP contribution in [0.25, 0.3) is 0 Å². The standard InChI is InChI=1S/C12H14ClFINO/c13-9-4-5-11(14)10(8-9)12(17)16-7-3-1-2-6-15/h4-5,8H,1-3,6-7H2,(H,16,17). The molecule has 0 saturated carbocycles. The molecule has 0 aromatic heterocycles. The van der Waals surface area contributed by atoms with Gasteiger partial charge in [-0.1, -0.05) is 40.6 Å². The average molecular weight is 370 g/mol. The van der Waals surface area contributed by atoms with E-state index in [9.17, 15) is 9.18 Å². The zero-order valence-electron chi connectivity index (χ0n) is 9.31. The molecule has 5 heteroatoms. The van der Waals surface area contributed by atoms with E-state index in [0.29, 0.717) is 11.6 Å². The van der Waals surface area contributed by atoms with Crippen molar-refractivity contribution in [1.82, 2.24) is 5.32 Å². The molecule has 1 aromatic carbocycles. The number of alkyl halides is 1. The minimum absolute atomic E-state index is 0.00592. The molecular weight excluding hydrogens is 355 g/mol. The summed E-state index contributed by atoms with van der Waals surface area (Å²) in [5.74, 6) is -0.946. The zero-order valence-corrected chi connectivity index (χ0v) is 12.2. The van der Waals surface area contributed by atoms with E-state index in [0.717, 1.165) is 23.7 Å². The monoisotopic (exact) mass is 369 g/mol. The highest BCUT2D eigenvalue weighted by molar-refractivity contribution is 14.1. The Hall–Kier alpha value is -0.360. The zero-order chi connectivity index (χ0) is 12.7. The predicted octanol–water partition coefficient (Wildman–Crippen LogP) is 3.81. The van der Waals surface area contributed by atoms with Crippen LogP contribution in [0.4, 0.5) is 4.39 Å². The molecule has 94 valence electrons. The molecule has 0 radical (unpaired) electrons. The van der Waals surface area contributed by atoms with Gasteiger partial charge in [0.2, 0.25) is 0 Å². The lowest BCUT2D eigenvalue weighted by Gasteiger charge is -2.06. The Labute approximate surface area is 119 Å². The van der Waals surface area contributed by atoms with Crippen molar-refractivity contribution in [1.29, 1.82) is 0 Å². The minimum Gasteiger partial charge on any atom is -0.352 e. The Balaban J connectivity index is 2.44. The van der Waals surface area contributed by atoms with Crippen LogP contribution < -0.4 is 5.32 Å². The number of halogens is 3. The number of hydrogen-bond donors (Lipinski definition) is 1. The SMILES string of the molecule is O=C(NCCCCCI)c1cc(Cl)ccc1F. The van der Waals surface area contributed by atoms with Crippen LogP contribution in [0.3, 0.4) is 0 Å². The van der Waals surface area contributed by atoms with Gasteiger partial charge in [-0.05, 0) is 35.5 Å². The minimum atomic E-state index is -0.542. The van der Waals surface area contributed by atoms with E-state index in [-0.39, 0.29) is 5.56 Å². The summed E-state index contributed by atoms with van der Waals surface area (Å²) in [7, 11) is 0. The van der Waals surface area contributed by atoms with Gasteiger partial charge in [0.15, 0.2) is 0 Å². The maximum atomic E-state index is 13.3. The number of rotatable bonds is 6. The van der Waals surface area contributed by atoms with E-state index in [1.165, 1.54) is 18.2 Å². The molecular formula is C12H14ClFINO. The molecule has 1 N–H and O–H groups in total. The fourth-order valence-corrected chi connectivity index (χ4v) is 2.08. The Morgan fingerprint density at radius 3 is 2.82 bits per heavy atom. The Morgan fingerprint density at radius 2 is 2.12 bits per heavy atom. The number of benzene rings is 1. The number of nitrogens with one attached hydrogen (secondary N) is 1. The van der Waals surface area contributed by atoms with E-state index in [4.69, 9.17) is 11.6 Å². The van der Waals surface area contributed by atoms with Crippen molar-refractivity contribution >= 4 is 40.1 Å². The van der Waals surface area contributed by atoms with Crippen LogP contribution >= 0.6 is 34.2 Å². The van der Waals surface area contributed by atoms with Gasteiger partial charge < -0.3 is 5.32 Å². The maximum Gasteiger partial charge on any atom is 0.254 e. The molecule has 0 spiro atoms. The largest absolute Gasteiger partial charge is 0.352 e. The third-order valence-electron chi connectivity index (χ3n) is 2.27. The summed E-state index contributed by atoms with van der Waals surface area (Å²) in [6.45, 7) is 0.571. The highest BCUT2D eigenvalue weighted by Gasteiger charge is 2.11. The number of carbonyl (C=O) groups excluding carboxylic acids is 1. The highest BCUT2D eigenvalue weighted by atomic mass is 127. The van der Waals surface area contributed by atoms with Crippen molar-refractivity contribution in [2.24, 2.45) is 0 Å². The second-order valence-electron chi connectivity index (χ2n) is 3.63. The molecule has 0 saturated heterocycles. The molecule has 1 amide bonds. The van der Waals surface area contributed by atoms with Gasteiger partial charge in [-0.2, -0.15) is 0 Å². The fourth-order valence-electron chi connectivity index (χ4n) is 1.36. The molecule has 0 aliphatic heterocycles. The fraction of sp³-hybridized carbons (Fsp3) is 0.417. The van der Waals surface area contributed by atoms with Crippen LogP contribution in [0.1, 0.15) is 29.6 Å². The summed E-state index contributed by atoms with van der Waals surface area (Å²) in [5.41, 5.74) is 0.00592. The molecule has 0 atom stereocenters. The molecule has 0 aliphatic rings. The topological polar surface area (TPSA) is 29.1 Å². The molecule has 0 bridgehead atoms. The van der Waals surface area contributed by atoms with Crippen LogP contribution in [0.5, 0.6) is 0 Å². The third-order valence-corrected chi connectivity index (χ3v) is 3.27. The molecule has 1 aromatic rings. The lowest BCUT2D eigenvalue weighted by molar-refractivity contribution is 0.0949. The van der Waals surface area contributed by atoms with E-state index in [1.54, 1.807) is 0 Å². The summed E-state index contributed by atoms with van der Waals surface area (Å²) in [6.07, 6.45) is 3.13. The van der Waals surface area contributed by atoms with Crippen molar-refractivity contribution < 1.29 is 9.18 Å². The first-order valence-electron chi connectivity index (χ1n) is 5.44. The van der Waals surface area contributed by atoms with Crippen LogP contribution in [-0.4, -0.2) is 16.9 Å². The summed E-state index contributed by atoms with van der Waals surface area (Å²) in [5, 5.41) is 3.05. The molecule has 0 fully saturated rings. The van der Waals surface area contributed by atoms with Gasteiger partial charge in [0.25, 0.3) is 5.91 Å². The maximum absolute atomic E-state index is 13.3. The van der Waals surface area contributed by atoms with Crippen LogP contribution in [-0.2, 0) is 0 Å². The van der Waals surface area contributed by atoms with E-state index in [2.05, 4.69) is 27.9 Å². The van der Waals surface area contributed by atoms with Gasteiger partial charge in [-0.3, -0.25) is 4.79 Å². The molecule has 0 aliphatic carbocycles. The first-order valence-corrected chi connectivity index (χ1v) is 7.34. The van der Waals surface area contributed by atoms with Gasteiger partial charge in [0.05, 0.1) is 5.56 Å². The van der Waals surface area contributed by atoms with Crippen molar-refractivity contribution in [2.45, 2.75) is 19.3 Å². The molecule has 17 heavy (non-hydrogen) atoms. The lowest BCUT2D eigenvalue weighted by Crippen LogP contribution is -2.25. The van der Waals surface area contributed by atoms with Gasteiger partial charge in [-0.25, -0.2) is 4.39 Å². The smallest absolute Gasteiger partial charge is 0.254 e. The second-order valence-corrected chi connectivity index (χ2v) is 5.14. The van der Waals surface area contributed by atoms with Gasteiger partial charge in [0.1, 0.15) is 5.82 Å². The molecule has 2 nitrogen and oxygen atoms in total. The van der Waals surface area contributed by atoms with E-state index < -0.39 is 11.7 Å². The van der Waals surface area contributed by atoms with E-state index >= 15 is 0 Å². The third kappa shape index (κ3) is 5.21. The van der Waals surface area contributed by atoms with Crippen LogP contribution in [0.2, 0.25) is 5.02 Å². The Kier molecular flexibility index (Phi) is 6.80. The number of amides is 1. The first-order chi connectivity index (χ1) is 8.15. The summed E-state index contributed by atoms with van der Waals surface area (Å²) >= 11 is 8.03. The van der Waals surface area contributed by atoms with Crippen molar-refractivity contribution in [2.75, 3.05) is 11.0 Å². The highest BCUT2D eigenvalue weighted by Crippen LogP contribution is 2.14. The molecule has 1 rings (SSSR count).